The van der Waals surface area contributed by atoms with E-state index in [9.17, 15) is 5.11 Å². The van der Waals surface area contributed by atoms with Crippen LogP contribution in [0.3, 0.4) is 0 Å². The molecule has 1 fully saturated rings. The van der Waals surface area contributed by atoms with Crippen molar-refractivity contribution < 1.29 is 9.84 Å². The lowest BCUT2D eigenvalue weighted by Crippen LogP contribution is -2.34. The normalized spacial score (nSPS) is 16.0. The van der Waals surface area contributed by atoms with Crippen molar-refractivity contribution in [1.29, 1.82) is 0 Å². The Hall–Kier alpha value is -3.60. The molecule has 40 heavy (non-hydrogen) atoms. The number of aliphatic hydroxyl groups excluding tert-OH is 1. The molecule has 4 heteroatoms. The molecule has 4 nitrogen and oxygen atoms in total. The van der Waals surface area contributed by atoms with Crippen LogP contribution in [0.2, 0.25) is 0 Å². The van der Waals surface area contributed by atoms with Gasteiger partial charge in [0.25, 0.3) is 0 Å². The van der Waals surface area contributed by atoms with Gasteiger partial charge in [0.05, 0.1) is 0 Å². The Morgan fingerprint density at radius 3 is 2.12 bits per heavy atom. The molecule has 0 radical (unpaired) electrons. The zero-order chi connectivity index (χ0) is 27.7. The number of nitrogens with one attached hydrogen (secondary N) is 1. The van der Waals surface area contributed by atoms with Crippen LogP contribution in [0.4, 0.5) is 5.69 Å². The van der Waals surface area contributed by atoms with Crippen LogP contribution in [-0.4, -0.2) is 35.9 Å². The molecule has 4 aromatic rings. The maximum atomic E-state index is 10.2. The van der Waals surface area contributed by atoms with Gasteiger partial charge in [-0.3, -0.25) is 0 Å². The fraction of sp³-hybridized carbons (Fsp3) is 0.333. The first-order chi connectivity index (χ1) is 19.5. The quantitative estimate of drug-likeness (QED) is 0.191. The molecule has 0 saturated carbocycles. The number of aliphatic hydroxyl groups is 1. The van der Waals surface area contributed by atoms with E-state index in [-0.39, 0.29) is 12.0 Å². The van der Waals surface area contributed by atoms with Gasteiger partial charge in [0, 0.05) is 18.7 Å². The molecule has 1 saturated heterocycles. The van der Waals surface area contributed by atoms with Gasteiger partial charge >= 0.3 is 0 Å². The van der Waals surface area contributed by atoms with Gasteiger partial charge in [0.2, 0.25) is 0 Å². The highest BCUT2D eigenvalue weighted by Crippen LogP contribution is 2.32. The van der Waals surface area contributed by atoms with E-state index in [2.05, 4.69) is 107 Å². The fourth-order valence-electron chi connectivity index (χ4n) is 5.49. The largest absolute Gasteiger partial charge is 0.486 e. The van der Waals surface area contributed by atoms with Crippen LogP contribution < -0.4 is 10.1 Å². The van der Waals surface area contributed by atoms with Crippen molar-refractivity contribution in [2.24, 2.45) is 5.92 Å². The highest BCUT2D eigenvalue weighted by atomic mass is 16.5. The smallest absolute Gasteiger partial charge is 0.126 e. The van der Waals surface area contributed by atoms with Crippen molar-refractivity contribution >= 4 is 5.69 Å². The predicted molar refractivity (Wildman–Crippen MR) is 166 cm³/mol. The van der Waals surface area contributed by atoms with Crippen molar-refractivity contribution in [3.8, 4) is 16.9 Å². The molecule has 0 amide bonds. The summed E-state index contributed by atoms with van der Waals surface area (Å²) >= 11 is 0. The number of benzene rings is 4. The average Bonchev–Trinajstić information content (AvgIpc) is 3.01. The minimum Gasteiger partial charge on any atom is -0.486 e. The van der Waals surface area contributed by atoms with E-state index < -0.39 is 6.23 Å². The molecule has 208 valence electrons. The second-order valence-corrected chi connectivity index (χ2v) is 11.3. The first-order valence-corrected chi connectivity index (χ1v) is 14.7. The van der Waals surface area contributed by atoms with E-state index in [1.54, 1.807) is 0 Å². The second kappa shape index (κ2) is 13.6. The Bertz CT molecular complexity index is 1300. The van der Waals surface area contributed by atoms with Crippen LogP contribution >= 0.6 is 0 Å². The topological polar surface area (TPSA) is 44.7 Å². The highest BCUT2D eigenvalue weighted by Gasteiger charge is 2.23. The third-order valence-electron chi connectivity index (χ3n) is 8.01. The SMILES string of the molecule is CC(C)C(O)Nc1cccc(C2CCN(CCC(Oc3ccc(-c4ccccc4)cc3)c3ccccc3)CC2)c1. The Balaban J connectivity index is 1.17. The maximum absolute atomic E-state index is 10.2. The fourth-order valence-corrected chi connectivity index (χ4v) is 5.49. The summed E-state index contributed by atoms with van der Waals surface area (Å²) in [4.78, 5) is 2.58. The van der Waals surface area contributed by atoms with E-state index in [0.717, 1.165) is 50.3 Å². The zero-order valence-corrected chi connectivity index (χ0v) is 23.7. The predicted octanol–water partition coefficient (Wildman–Crippen LogP) is 8.13. The van der Waals surface area contributed by atoms with Crippen LogP contribution in [0.1, 0.15) is 56.3 Å². The van der Waals surface area contributed by atoms with Gasteiger partial charge in [-0.05, 0) is 84.3 Å². The third kappa shape index (κ3) is 7.53. The van der Waals surface area contributed by atoms with E-state index in [0.29, 0.717) is 5.92 Å². The summed E-state index contributed by atoms with van der Waals surface area (Å²) < 4.78 is 6.58. The van der Waals surface area contributed by atoms with Crippen LogP contribution in [0.15, 0.2) is 109 Å². The first-order valence-electron chi connectivity index (χ1n) is 14.7. The highest BCUT2D eigenvalue weighted by molar-refractivity contribution is 5.63. The summed E-state index contributed by atoms with van der Waals surface area (Å²) in [6, 6.07) is 38.1. The number of likely N-dealkylation sites (tertiary alicyclic amines) is 1. The lowest BCUT2D eigenvalue weighted by atomic mass is 9.89. The van der Waals surface area contributed by atoms with E-state index in [4.69, 9.17) is 4.74 Å². The minimum absolute atomic E-state index is 0.0108. The van der Waals surface area contributed by atoms with Gasteiger partial charge in [0.15, 0.2) is 0 Å². The number of rotatable bonds is 11. The second-order valence-electron chi connectivity index (χ2n) is 11.3. The van der Waals surface area contributed by atoms with Crippen LogP contribution in [0, 0.1) is 5.92 Å². The van der Waals surface area contributed by atoms with Gasteiger partial charge in [-0.25, -0.2) is 0 Å². The number of ether oxygens (including phenoxy) is 1. The molecule has 4 aromatic carbocycles. The Kier molecular flexibility index (Phi) is 9.54. The zero-order valence-electron chi connectivity index (χ0n) is 23.7. The lowest BCUT2D eigenvalue weighted by molar-refractivity contribution is 0.147. The van der Waals surface area contributed by atoms with Crippen LogP contribution in [-0.2, 0) is 0 Å². The van der Waals surface area contributed by atoms with E-state index >= 15 is 0 Å². The molecular weight excluding hydrogens is 492 g/mol. The van der Waals surface area contributed by atoms with Crippen molar-refractivity contribution in [3.05, 3.63) is 120 Å². The molecule has 0 bridgehead atoms. The molecule has 0 aromatic heterocycles. The monoisotopic (exact) mass is 534 g/mol. The molecule has 5 rings (SSSR count). The van der Waals surface area contributed by atoms with Gasteiger partial charge in [-0.15, -0.1) is 0 Å². The molecule has 2 N–H and O–H groups in total. The number of piperidine rings is 1. The van der Waals surface area contributed by atoms with Crippen molar-refractivity contribution in [1.82, 2.24) is 4.90 Å². The van der Waals surface area contributed by atoms with Gasteiger partial charge < -0.3 is 20.1 Å². The summed E-state index contributed by atoms with van der Waals surface area (Å²) in [5.74, 6) is 1.63. The van der Waals surface area contributed by atoms with Crippen molar-refractivity contribution in [2.45, 2.75) is 51.4 Å². The summed E-state index contributed by atoms with van der Waals surface area (Å²) in [5, 5.41) is 13.5. The number of anilines is 1. The third-order valence-corrected chi connectivity index (χ3v) is 8.01. The molecule has 1 aliphatic heterocycles. The summed E-state index contributed by atoms with van der Waals surface area (Å²) in [5.41, 5.74) is 6.00. The summed E-state index contributed by atoms with van der Waals surface area (Å²) in [6.07, 6.45) is 2.72. The molecule has 2 atom stereocenters. The Morgan fingerprint density at radius 1 is 0.800 bits per heavy atom. The Labute approximate surface area is 239 Å². The number of hydrogen-bond acceptors (Lipinski definition) is 4. The van der Waals surface area contributed by atoms with Crippen molar-refractivity contribution in [2.75, 3.05) is 25.0 Å². The number of hydrogen-bond donors (Lipinski definition) is 2. The van der Waals surface area contributed by atoms with Gasteiger partial charge in [0.1, 0.15) is 18.1 Å². The molecular formula is C36H42N2O2. The van der Waals surface area contributed by atoms with Gasteiger partial charge in [-0.2, -0.15) is 0 Å². The molecule has 1 aliphatic rings. The first kappa shape index (κ1) is 27.9. The average molecular weight is 535 g/mol. The maximum Gasteiger partial charge on any atom is 0.126 e. The van der Waals surface area contributed by atoms with Gasteiger partial charge in [-0.1, -0.05) is 98.8 Å². The molecule has 1 heterocycles. The lowest BCUT2D eigenvalue weighted by Gasteiger charge is -2.33. The van der Waals surface area contributed by atoms with E-state index in [1.165, 1.54) is 22.3 Å². The Morgan fingerprint density at radius 2 is 1.45 bits per heavy atom. The summed E-state index contributed by atoms with van der Waals surface area (Å²) in [7, 11) is 0. The molecule has 0 aliphatic carbocycles. The van der Waals surface area contributed by atoms with Crippen molar-refractivity contribution in [3.63, 3.8) is 0 Å². The van der Waals surface area contributed by atoms with Crippen LogP contribution in [0.25, 0.3) is 11.1 Å². The van der Waals surface area contributed by atoms with Crippen LogP contribution in [0.5, 0.6) is 5.75 Å². The van der Waals surface area contributed by atoms with E-state index in [1.807, 2.05) is 26.0 Å². The standard InChI is InChI=1S/C36H42N2O2/c1-27(2)36(39)37-33-15-9-14-32(26-33)30-20-23-38(24-21-30)25-22-35(31-12-7-4-8-13-31)40-34-18-16-29(17-19-34)28-10-5-3-6-11-28/h3-19,26-27,30,35-37,39H,20-25H2,1-2H3. The summed E-state index contributed by atoms with van der Waals surface area (Å²) in [6.45, 7) is 7.23. The molecule has 2 unspecified atom stereocenters. The minimum atomic E-state index is -0.529. The number of nitrogens with zero attached hydrogens (tertiary/aromatic N) is 1. The molecule has 0 spiro atoms.